The van der Waals surface area contributed by atoms with Gasteiger partial charge in [0.05, 0.1) is 79.3 Å². The molecular weight excluding hydrogens is 1350 g/mol. The first kappa shape index (κ1) is 77.8. The number of hydrogen-bond acceptors (Lipinski definition) is 18. The van der Waals surface area contributed by atoms with Gasteiger partial charge in [-0.15, -0.1) is 0 Å². The molecule has 8 aromatic rings. The minimum Gasteiger partial charge on any atom is -1.00 e. The molecule has 0 amide bonds. The van der Waals surface area contributed by atoms with E-state index < -0.39 is 74.5 Å². The number of hydrogen-bond donors (Lipinski definition) is 1. The maximum absolute atomic E-state index is 14.1. The van der Waals surface area contributed by atoms with Crippen molar-refractivity contribution in [3.63, 3.8) is 0 Å². The zero-order valence-electron chi connectivity index (χ0n) is 57.0. The van der Waals surface area contributed by atoms with Crippen molar-refractivity contribution in [1.29, 1.82) is 0 Å². The fourth-order valence-corrected chi connectivity index (χ4v) is 16.0. The van der Waals surface area contributed by atoms with Crippen LogP contribution in [0.15, 0.2) is 252 Å². The number of phosphoric ester groups is 1. The van der Waals surface area contributed by atoms with E-state index in [2.05, 4.69) is 0 Å². The van der Waals surface area contributed by atoms with Crippen molar-refractivity contribution in [2.75, 3.05) is 39.6 Å². The van der Waals surface area contributed by atoms with Crippen LogP contribution in [0.2, 0.25) is 0 Å². The third-order valence-corrected chi connectivity index (χ3v) is 21.0. The second kappa shape index (κ2) is 39.3. The van der Waals surface area contributed by atoms with E-state index in [1.54, 1.807) is 0 Å². The zero-order valence-corrected chi connectivity index (χ0v) is 62.2. The van der Waals surface area contributed by atoms with Crippen molar-refractivity contribution in [1.82, 2.24) is 0 Å². The van der Waals surface area contributed by atoms with E-state index >= 15 is 0 Å². The Morgan fingerprint density at radius 2 is 0.694 bits per heavy atom. The number of phosphoric acid groups is 1. The minimum absolute atomic E-state index is 0. The minimum atomic E-state index is -3.98. The van der Waals surface area contributed by atoms with E-state index in [1.807, 2.05) is 270 Å². The molecule has 4 aliphatic rings. The van der Waals surface area contributed by atoms with Crippen LogP contribution in [-0.4, -0.2) is 104 Å². The molecule has 4 aliphatic heterocycles. The predicted molar refractivity (Wildman–Crippen MR) is 379 cm³/mol. The largest absolute Gasteiger partial charge is 1.00 e. The summed E-state index contributed by atoms with van der Waals surface area (Å²) >= 11 is 8.26. The first-order chi connectivity index (χ1) is 47.0. The zero-order chi connectivity index (χ0) is 67.8. The Bertz CT molecular complexity index is 3610. The molecule has 10 atom stereocenters. The van der Waals surface area contributed by atoms with E-state index in [4.69, 9.17) is 71.8 Å². The van der Waals surface area contributed by atoms with E-state index in [0.29, 0.717) is 52.9 Å². The Balaban J connectivity index is 0.000000220. The Kier molecular flexibility index (Phi) is 31.2. The van der Waals surface area contributed by atoms with Gasteiger partial charge in [0.25, 0.3) is 0 Å². The standard InChI is InChI=1S/C38H43O8PS.C33H34O5S.C5H10ClO3P.Na.H/c1-38(2)27-43-47(39,44-28-38)46-36-35(42-25-31-19-11-5-12-20-31)34(41-24-30-17-9-4-10-18-30)33(26-40-23-29-15-7-3-8-16-29)45-37(36)48-32-21-13-6-14-22-32;34-30-32(37-23-27-17-9-3-10-18-27)31(36-22-26-15-7-2-8-16-26)29(24-35-21-25-13-5-1-6-14-25)38-33(30)39-28-19-11-4-12-20-28;1-5(2)3-8-10(6,7)9-4-5;;/h3-22,33-37H,23-28H2,1-2H3;1-20,29-34H,21-24H2;3-4H2,1-2H3;;/q;;;+1;-1. The maximum Gasteiger partial charge on any atom is 1.00 e. The molecule has 8 aromatic carbocycles. The second-order valence-electron chi connectivity index (χ2n) is 25.4. The number of aliphatic hydroxyl groups excluding tert-OH is 1. The number of rotatable bonds is 26. The maximum atomic E-state index is 14.1. The molecule has 4 heterocycles. The summed E-state index contributed by atoms with van der Waals surface area (Å²) in [5, 5.41) is 11.6. The van der Waals surface area contributed by atoms with Crippen LogP contribution in [0.5, 0.6) is 0 Å². The van der Waals surface area contributed by atoms with Gasteiger partial charge < -0.3 is 44.4 Å². The van der Waals surface area contributed by atoms with E-state index in [0.717, 1.165) is 43.2 Å². The van der Waals surface area contributed by atoms with Crippen LogP contribution < -0.4 is 29.6 Å². The molecule has 4 saturated heterocycles. The van der Waals surface area contributed by atoms with Crippen LogP contribution in [0, 0.1) is 10.8 Å². The average Bonchev–Trinajstić information content (AvgIpc) is 0.781. The summed E-state index contributed by atoms with van der Waals surface area (Å²) in [4.78, 5) is 1.96. The topological polar surface area (TPSA) is 174 Å². The van der Waals surface area contributed by atoms with Crippen molar-refractivity contribution >= 4 is 49.5 Å². The molecule has 0 saturated carbocycles. The van der Waals surface area contributed by atoms with Crippen LogP contribution in [-0.2, 0) is 109 Å². The average molecular weight is 1440 g/mol. The number of aliphatic hydroxyl groups is 1. The fourth-order valence-electron chi connectivity index (χ4n) is 10.6. The second-order valence-corrected chi connectivity index (χ2v) is 31.9. The monoisotopic (exact) mass is 1440 g/mol. The third kappa shape index (κ3) is 25.3. The molecule has 4 fully saturated rings. The molecule has 1 N–H and O–H groups in total. The van der Waals surface area contributed by atoms with Crippen LogP contribution in [0.4, 0.5) is 0 Å². The normalized spacial score (nSPS) is 24.4. The Labute approximate surface area is 614 Å². The number of ether oxygens (including phenoxy) is 8. The summed E-state index contributed by atoms with van der Waals surface area (Å²) in [5.74, 6) is 0. The van der Waals surface area contributed by atoms with Crippen molar-refractivity contribution < 1.29 is 106 Å². The summed E-state index contributed by atoms with van der Waals surface area (Å²) < 4.78 is 105. The summed E-state index contributed by atoms with van der Waals surface area (Å²) in [6.07, 6.45) is -5.34. The number of thioether (sulfide) groups is 2. The summed E-state index contributed by atoms with van der Waals surface area (Å²) in [6.45, 7) is 8.68. The molecule has 0 spiro atoms. The van der Waals surface area contributed by atoms with Crippen LogP contribution in [0.3, 0.4) is 0 Å². The quantitative estimate of drug-likeness (QED) is 0.0400. The molecule has 0 radical (unpaired) electrons. The predicted octanol–water partition coefficient (Wildman–Crippen LogP) is 14.2. The Hall–Kier alpha value is -4.35. The van der Waals surface area contributed by atoms with Gasteiger partial charge >= 0.3 is 44.3 Å². The van der Waals surface area contributed by atoms with Crippen LogP contribution in [0.1, 0.15) is 62.5 Å². The van der Waals surface area contributed by atoms with E-state index in [9.17, 15) is 14.2 Å². The first-order valence-electron chi connectivity index (χ1n) is 32.5. The van der Waals surface area contributed by atoms with Crippen molar-refractivity contribution in [2.45, 2.75) is 137 Å². The van der Waals surface area contributed by atoms with Crippen LogP contribution >= 0.6 is 49.5 Å². The van der Waals surface area contributed by atoms with Gasteiger partial charge in [-0.2, -0.15) is 0 Å². The summed E-state index contributed by atoms with van der Waals surface area (Å²) in [5.41, 5.74) is 4.60. The smallest absolute Gasteiger partial charge is 1.00 e. The Morgan fingerprint density at radius 3 is 1.05 bits per heavy atom. The summed E-state index contributed by atoms with van der Waals surface area (Å²) in [6, 6.07) is 79.8. The van der Waals surface area contributed by atoms with Crippen LogP contribution in [0.25, 0.3) is 0 Å². The van der Waals surface area contributed by atoms with Gasteiger partial charge in [0, 0.05) is 31.9 Å². The van der Waals surface area contributed by atoms with Crippen molar-refractivity contribution in [2.24, 2.45) is 10.8 Å². The molecule has 0 bridgehead atoms. The SMILES string of the molecule is CC1(C)COP(=O)(Cl)OC1.CC1(C)COP(=O)(OC2C(Sc3ccccc3)OC(COCc3ccccc3)C(OCc3ccccc3)C2OCc2ccccc2)OC1.OC1C(Sc2ccccc2)OC(COCc2ccccc2)C(OCc2ccccc2)C1OCc1ccccc1.[H-].[Na+]. The molecule has 10 unspecified atom stereocenters. The van der Waals surface area contributed by atoms with E-state index in [1.165, 1.54) is 23.5 Å². The molecule has 22 heteroatoms. The first-order valence-corrected chi connectivity index (χ1v) is 38.1. The summed E-state index contributed by atoms with van der Waals surface area (Å²) in [7, 11) is -3.98. The van der Waals surface area contributed by atoms with E-state index in [-0.39, 0.29) is 68.2 Å². The molecule has 518 valence electrons. The molecule has 0 aliphatic carbocycles. The van der Waals surface area contributed by atoms with Gasteiger partial charge in [-0.3, -0.25) is 22.6 Å². The molecule has 98 heavy (non-hydrogen) atoms. The molecule has 12 rings (SSSR count). The number of halogens is 1. The third-order valence-electron chi connectivity index (χ3n) is 15.8. The van der Waals surface area contributed by atoms with Crippen molar-refractivity contribution in [3.05, 3.63) is 276 Å². The molecule has 16 nitrogen and oxygen atoms in total. The van der Waals surface area contributed by atoms with Gasteiger partial charge in [0.15, 0.2) is 0 Å². The van der Waals surface area contributed by atoms with Gasteiger partial charge in [0.2, 0.25) is 0 Å². The van der Waals surface area contributed by atoms with Gasteiger partial charge in [-0.1, -0.05) is 270 Å². The van der Waals surface area contributed by atoms with Gasteiger partial charge in [-0.25, -0.2) is 9.13 Å². The van der Waals surface area contributed by atoms with Gasteiger partial charge in [0.1, 0.15) is 59.7 Å². The Morgan fingerprint density at radius 1 is 0.408 bits per heavy atom. The van der Waals surface area contributed by atoms with Crippen molar-refractivity contribution in [3.8, 4) is 0 Å². The number of benzene rings is 8. The molecular formula is C76H88ClNaO16P2S2. The van der Waals surface area contributed by atoms with Gasteiger partial charge in [-0.05, 0) is 57.6 Å². The molecule has 0 aromatic heterocycles. The fraction of sp³-hybridized carbons (Fsp3) is 0.368.